The standard InChI is InChI=1S/C31H27ClN2O3S/c1-21(14-15-22-8-3-2-4-9-22)33-30(35)24-16-17-29-27(19-24)34(20-23-10-7-11-25(32)18-23)31(36)26-12-5-6-13-28(26)38(29)37/h2-13,16-19,21H,14-15,20H2,1H3,(H,33,35)/t21-,38+/m1/s1. The Morgan fingerprint density at radius 2 is 1.63 bits per heavy atom. The van der Waals surface area contributed by atoms with Gasteiger partial charge in [0.2, 0.25) is 0 Å². The summed E-state index contributed by atoms with van der Waals surface area (Å²) in [6.07, 6.45) is 1.64. The van der Waals surface area contributed by atoms with E-state index in [0.717, 1.165) is 18.4 Å². The number of amides is 2. The van der Waals surface area contributed by atoms with Gasteiger partial charge in [-0.2, -0.15) is 0 Å². The van der Waals surface area contributed by atoms with Crippen LogP contribution in [0.25, 0.3) is 0 Å². The summed E-state index contributed by atoms with van der Waals surface area (Å²) in [5.74, 6) is -0.516. The van der Waals surface area contributed by atoms with Crippen LogP contribution >= 0.6 is 11.6 Å². The molecule has 7 heteroatoms. The number of carbonyl (C=O) groups excluding carboxylic acids is 2. The van der Waals surface area contributed by atoms with E-state index in [4.69, 9.17) is 11.6 Å². The molecular formula is C31H27ClN2O3S. The Labute approximate surface area is 229 Å². The second-order valence-corrected chi connectivity index (χ2v) is 11.2. The van der Waals surface area contributed by atoms with Gasteiger partial charge in [0.1, 0.15) is 0 Å². The second kappa shape index (κ2) is 11.3. The summed E-state index contributed by atoms with van der Waals surface area (Å²) in [5.41, 5.74) is 3.28. The molecule has 38 heavy (non-hydrogen) atoms. The number of fused-ring (bicyclic) bond motifs is 2. The van der Waals surface area contributed by atoms with Gasteiger partial charge in [0.15, 0.2) is 0 Å². The van der Waals surface area contributed by atoms with E-state index >= 15 is 0 Å². The molecule has 0 fully saturated rings. The van der Waals surface area contributed by atoms with Gasteiger partial charge in [0.05, 0.1) is 38.4 Å². The first-order valence-corrected chi connectivity index (χ1v) is 14.0. The molecule has 5 rings (SSSR count). The summed E-state index contributed by atoms with van der Waals surface area (Å²) in [6.45, 7) is 2.20. The molecule has 2 atom stereocenters. The van der Waals surface area contributed by atoms with Crippen molar-refractivity contribution in [3.63, 3.8) is 0 Å². The fourth-order valence-electron chi connectivity index (χ4n) is 4.59. The molecule has 0 aromatic heterocycles. The first kappa shape index (κ1) is 25.9. The maximum atomic E-state index is 13.8. The zero-order valence-corrected chi connectivity index (χ0v) is 22.5. The van der Waals surface area contributed by atoms with Crippen LogP contribution in [-0.4, -0.2) is 22.1 Å². The molecule has 4 aromatic carbocycles. The van der Waals surface area contributed by atoms with Gasteiger partial charge in [-0.05, 0) is 73.4 Å². The first-order chi connectivity index (χ1) is 18.4. The number of benzene rings is 4. The molecule has 1 aliphatic heterocycles. The molecule has 0 bridgehead atoms. The van der Waals surface area contributed by atoms with Crippen LogP contribution in [0.4, 0.5) is 5.69 Å². The summed E-state index contributed by atoms with van der Waals surface area (Å²) >= 11 is 6.21. The highest BCUT2D eigenvalue weighted by Gasteiger charge is 2.31. The van der Waals surface area contributed by atoms with E-state index in [9.17, 15) is 13.8 Å². The number of nitrogens with zero attached hydrogens (tertiary/aromatic N) is 1. The van der Waals surface area contributed by atoms with Gasteiger partial charge in [-0.1, -0.05) is 66.2 Å². The quantitative estimate of drug-likeness (QED) is 0.293. The topological polar surface area (TPSA) is 66.5 Å². The average molecular weight is 543 g/mol. The highest BCUT2D eigenvalue weighted by Crippen LogP contribution is 2.36. The molecule has 0 spiro atoms. The van der Waals surface area contributed by atoms with Crippen molar-refractivity contribution in [3.05, 3.63) is 124 Å². The Morgan fingerprint density at radius 1 is 0.895 bits per heavy atom. The zero-order valence-electron chi connectivity index (χ0n) is 20.9. The SMILES string of the molecule is C[C@H](CCc1ccccc1)NC(=O)c1ccc2c(c1)N(Cc1cccc(Cl)c1)C(=O)c1ccccc1[S@@]2=O. The van der Waals surface area contributed by atoms with Gasteiger partial charge in [-0.25, -0.2) is 4.21 Å². The number of anilines is 1. The lowest BCUT2D eigenvalue weighted by Gasteiger charge is -2.24. The Hall–Kier alpha value is -3.74. The Balaban J connectivity index is 1.45. The van der Waals surface area contributed by atoms with E-state index in [0.29, 0.717) is 31.6 Å². The number of hydrogen-bond acceptors (Lipinski definition) is 3. The molecule has 0 radical (unpaired) electrons. The van der Waals surface area contributed by atoms with E-state index in [-0.39, 0.29) is 24.4 Å². The van der Waals surface area contributed by atoms with E-state index < -0.39 is 10.8 Å². The van der Waals surface area contributed by atoms with E-state index in [2.05, 4.69) is 17.4 Å². The van der Waals surface area contributed by atoms with Crippen molar-refractivity contribution in [1.29, 1.82) is 0 Å². The number of nitrogens with one attached hydrogen (secondary N) is 1. The number of rotatable bonds is 7. The summed E-state index contributed by atoms with van der Waals surface area (Å²) in [4.78, 5) is 29.5. The number of carbonyl (C=O) groups is 2. The van der Waals surface area contributed by atoms with Crippen LogP contribution in [-0.2, 0) is 23.8 Å². The maximum absolute atomic E-state index is 13.8. The summed E-state index contributed by atoms with van der Waals surface area (Å²) in [7, 11) is -1.59. The Kier molecular flexibility index (Phi) is 7.72. The number of halogens is 1. The Bertz CT molecular complexity index is 1520. The highest BCUT2D eigenvalue weighted by molar-refractivity contribution is 7.85. The second-order valence-electron chi connectivity index (χ2n) is 9.37. The van der Waals surface area contributed by atoms with Crippen LogP contribution in [0.2, 0.25) is 5.02 Å². The third-order valence-corrected chi connectivity index (χ3v) is 8.33. The predicted octanol–water partition coefficient (Wildman–Crippen LogP) is 6.42. The van der Waals surface area contributed by atoms with Gasteiger partial charge in [-0.15, -0.1) is 0 Å². The first-order valence-electron chi connectivity index (χ1n) is 12.5. The minimum atomic E-state index is -1.59. The Morgan fingerprint density at radius 3 is 2.42 bits per heavy atom. The lowest BCUT2D eigenvalue weighted by molar-refractivity contribution is 0.0935. The van der Waals surface area contributed by atoms with Crippen LogP contribution < -0.4 is 10.2 Å². The van der Waals surface area contributed by atoms with Crippen molar-refractivity contribution < 1.29 is 13.8 Å². The molecule has 1 N–H and O–H groups in total. The largest absolute Gasteiger partial charge is 0.350 e. The molecule has 0 unspecified atom stereocenters. The normalized spacial score (nSPS) is 15.3. The molecule has 5 nitrogen and oxygen atoms in total. The average Bonchev–Trinajstić information content (AvgIpc) is 3.02. The molecule has 1 heterocycles. The van der Waals surface area contributed by atoms with E-state index in [1.165, 1.54) is 5.56 Å². The lowest BCUT2D eigenvalue weighted by Crippen LogP contribution is -2.33. The number of hydrogen-bond donors (Lipinski definition) is 1. The highest BCUT2D eigenvalue weighted by atomic mass is 35.5. The maximum Gasteiger partial charge on any atom is 0.259 e. The van der Waals surface area contributed by atoms with Gasteiger partial charge in [0.25, 0.3) is 11.8 Å². The van der Waals surface area contributed by atoms with Crippen LogP contribution in [0, 0.1) is 0 Å². The lowest BCUT2D eigenvalue weighted by atomic mass is 10.1. The van der Waals surface area contributed by atoms with Gasteiger partial charge < -0.3 is 10.2 Å². The fourth-order valence-corrected chi connectivity index (χ4v) is 6.14. The van der Waals surface area contributed by atoms with Crippen LogP contribution in [0.3, 0.4) is 0 Å². The molecular weight excluding hydrogens is 516 g/mol. The third kappa shape index (κ3) is 5.57. The fraction of sp³-hybridized carbons (Fsp3) is 0.161. The third-order valence-electron chi connectivity index (χ3n) is 6.59. The summed E-state index contributed by atoms with van der Waals surface area (Å²) in [6, 6.07) is 29.3. The molecule has 0 saturated heterocycles. The molecule has 192 valence electrons. The van der Waals surface area contributed by atoms with Gasteiger partial charge in [0, 0.05) is 16.6 Å². The minimum Gasteiger partial charge on any atom is -0.350 e. The summed E-state index contributed by atoms with van der Waals surface area (Å²) in [5, 5.41) is 3.63. The monoisotopic (exact) mass is 542 g/mol. The van der Waals surface area contributed by atoms with Crippen LogP contribution in [0.1, 0.15) is 45.2 Å². The number of aryl methyl sites for hydroxylation is 1. The van der Waals surface area contributed by atoms with Crippen molar-refractivity contribution in [3.8, 4) is 0 Å². The molecule has 0 saturated carbocycles. The van der Waals surface area contributed by atoms with Crippen LogP contribution in [0.15, 0.2) is 107 Å². The van der Waals surface area contributed by atoms with E-state index in [1.807, 2.05) is 37.3 Å². The molecule has 1 aliphatic rings. The molecule has 4 aromatic rings. The van der Waals surface area contributed by atoms with Crippen LogP contribution in [0.5, 0.6) is 0 Å². The predicted molar refractivity (Wildman–Crippen MR) is 151 cm³/mol. The molecule has 2 amide bonds. The van der Waals surface area contributed by atoms with Gasteiger partial charge >= 0.3 is 0 Å². The van der Waals surface area contributed by atoms with Crippen molar-refractivity contribution in [2.75, 3.05) is 4.90 Å². The van der Waals surface area contributed by atoms with Crippen molar-refractivity contribution in [2.24, 2.45) is 0 Å². The zero-order chi connectivity index (χ0) is 26.6. The van der Waals surface area contributed by atoms with Crippen molar-refractivity contribution in [1.82, 2.24) is 5.32 Å². The van der Waals surface area contributed by atoms with Crippen molar-refractivity contribution in [2.45, 2.75) is 42.1 Å². The molecule has 0 aliphatic carbocycles. The minimum absolute atomic E-state index is 0.0518. The van der Waals surface area contributed by atoms with E-state index in [1.54, 1.807) is 59.5 Å². The van der Waals surface area contributed by atoms with Gasteiger partial charge in [-0.3, -0.25) is 9.59 Å². The smallest absolute Gasteiger partial charge is 0.259 e. The van der Waals surface area contributed by atoms with Crippen molar-refractivity contribution >= 4 is 39.9 Å². The summed E-state index contributed by atoms with van der Waals surface area (Å²) < 4.78 is 13.6.